The molecule has 0 aliphatic carbocycles. The first-order valence-corrected chi connectivity index (χ1v) is 2.50. The van der Waals surface area contributed by atoms with Crippen molar-refractivity contribution in [1.29, 1.82) is 0 Å². The monoisotopic (exact) mass is 125 g/mol. The molecule has 4 nitrogen and oxygen atoms in total. The molecule has 0 saturated heterocycles. The average Bonchev–Trinajstić information content (AvgIpc) is 1.90. The van der Waals surface area contributed by atoms with Gasteiger partial charge in [0, 0.05) is 18.0 Å². The van der Waals surface area contributed by atoms with Crippen molar-refractivity contribution in [1.82, 2.24) is 9.97 Å². The zero-order valence-electron chi connectivity index (χ0n) is 4.78. The van der Waals surface area contributed by atoms with Gasteiger partial charge in [0.15, 0.2) is 0 Å². The molecule has 0 fully saturated rings. The number of aliphatic hydroxyl groups is 1. The summed E-state index contributed by atoms with van der Waals surface area (Å²) in [6, 6.07) is 0. The second kappa shape index (κ2) is 2.41. The lowest BCUT2D eigenvalue weighted by molar-refractivity contribution is 0.281. The standard InChI is InChI=1S/C5H7N3O/c6-5-7-1-4(3-9)2-8-5/h1-2,9H,3H2,(H2,6,7,8). The fraction of sp³-hybridized carbons (Fsp3) is 0.200. The van der Waals surface area contributed by atoms with E-state index in [1.165, 1.54) is 12.4 Å². The number of nitrogens with two attached hydrogens (primary N) is 1. The minimum Gasteiger partial charge on any atom is -0.392 e. The van der Waals surface area contributed by atoms with Crippen LogP contribution in [0.5, 0.6) is 0 Å². The Hall–Kier alpha value is -1.16. The molecule has 0 saturated carbocycles. The van der Waals surface area contributed by atoms with Gasteiger partial charge in [-0.3, -0.25) is 0 Å². The average molecular weight is 125 g/mol. The summed E-state index contributed by atoms with van der Waals surface area (Å²) in [6.07, 6.45) is 2.98. The van der Waals surface area contributed by atoms with Crippen molar-refractivity contribution in [3.63, 3.8) is 0 Å². The van der Waals surface area contributed by atoms with E-state index in [-0.39, 0.29) is 12.6 Å². The van der Waals surface area contributed by atoms with Crippen LogP contribution in [-0.2, 0) is 6.61 Å². The molecule has 0 bridgehead atoms. The van der Waals surface area contributed by atoms with Crippen LogP contribution < -0.4 is 5.73 Å². The molecule has 3 N–H and O–H groups in total. The normalized spacial score (nSPS) is 9.44. The number of aliphatic hydroxyl groups excluding tert-OH is 1. The van der Waals surface area contributed by atoms with Crippen molar-refractivity contribution in [2.45, 2.75) is 6.61 Å². The summed E-state index contributed by atoms with van der Waals surface area (Å²) in [5.74, 6) is 0.229. The Morgan fingerprint density at radius 2 is 2.00 bits per heavy atom. The Bertz CT molecular complexity index is 184. The quantitative estimate of drug-likeness (QED) is 0.533. The van der Waals surface area contributed by atoms with Gasteiger partial charge in [-0.05, 0) is 0 Å². The maximum atomic E-state index is 8.51. The van der Waals surface area contributed by atoms with Crippen LogP contribution >= 0.6 is 0 Å². The highest BCUT2D eigenvalue weighted by Crippen LogP contribution is 1.94. The Kier molecular flexibility index (Phi) is 1.60. The molecular weight excluding hydrogens is 118 g/mol. The maximum absolute atomic E-state index is 8.51. The van der Waals surface area contributed by atoms with E-state index in [1.54, 1.807) is 0 Å². The molecule has 9 heavy (non-hydrogen) atoms. The van der Waals surface area contributed by atoms with Crippen LogP contribution in [-0.4, -0.2) is 15.1 Å². The van der Waals surface area contributed by atoms with Gasteiger partial charge in [-0.15, -0.1) is 0 Å². The van der Waals surface area contributed by atoms with Crippen LogP contribution in [0.15, 0.2) is 12.4 Å². The van der Waals surface area contributed by atoms with Gasteiger partial charge in [0.1, 0.15) is 0 Å². The molecule has 0 amide bonds. The van der Waals surface area contributed by atoms with E-state index >= 15 is 0 Å². The molecule has 0 aliphatic heterocycles. The molecule has 4 heteroatoms. The maximum Gasteiger partial charge on any atom is 0.219 e. The fourth-order valence-electron chi connectivity index (χ4n) is 0.446. The number of hydrogen-bond acceptors (Lipinski definition) is 4. The highest BCUT2D eigenvalue weighted by molar-refractivity contribution is 5.16. The van der Waals surface area contributed by atoms with Gasteiger partial charge < -0.3 is 10.8 Å². The van der Waals surface area contributed by atoms with Gasteiger partial charge in [0.2, 0.25) is 5.95 Å². The van der Waals surface area contributed by atoms with Crippen LogP contribution in [0.1, 0.15) is 5.56 Å². The second-order valence-corrected chi connectivity index (χ2v) is 1.61. The van der Waals surface area contributed by atoms with E-state index in [0.717, 1.165) is 0 Å². The van der Waals surface area contributed by atoms with Crippen LogP contribution in [0.4, 0.5) is 5.95 Å². The number of nitrogens with zero attached hydrogens (tertiary/aromatic N) is 2. The fourth-order valence-corrected chi connectivity index (χ4v) is 0.446. The summed E-state index contributed by atoms with van der Waals surface area (Å²) >= 11 is 0. The molecule has 0 atom stereocenters. The van der Waals surface area contributed by atoms with Crippen molar-refractivity contribution in [3.05, 3.63) is 18.0 Å². The number of aromatic nitrogens is 2. The van der Waals surface area contributed by atoms with E-state index in [0.29, 0.717) is 5.56 Å². The van der Waals surface area contributed by atoms with Gasteiger partial charge in [0.25, 0.3) is 0 Å². The molecule has 1 rings (SSSR count). The first-order valence-electron chi connectivity index (χ1n) is 2.50. The molecule has 0 spiro atoms. The predicted octanol–water partition coefficient (Wildman–Crippen LogP) is -0.449. The summed E-state index contributed by atoms with van der Waals surface area (Å²) in [5, 5.41) is 8.51. The highest BCUT2D eigenvalue weighted by Gasteiger charge is 1.88. The van der Waals surface area contributed by atoms with Crippen molar-refractivity contribution >= 4 is 5.95 Å². The lowest BCUT2D eigenvalue weighted by Crippen LogP contribution is -1.95. The van der Waals surface area contributed by atoms with E-state index in [1.807, 2.05) is 0 Å². The van der Waals surface area contributed by atoms with Crippen molar-refractivity contribution in [2.24, 2.45) is 0 Å². The van der Waals surface area contributed by atoms with Gasteiger partial charge >= 0.3 is 0 Å². The predicted molar refractivity (Wildman–Crippen MR) is 32.4 cm³/mol. The zero-order valence-corrected chi connectivity index (χ0v) is 4.78. The van der Waals surface area contributed by atoms with Crippen molar-refractivity contribution in [2.75, 3.05) is 5.73 Å². The highest BCUT2D eigenvalue weighted by atomic mass is 16.3. The lowest BCUT2D eigenvalue weighted by Gasteiger charge is -1.92. The van der Waals surface area contributed by atoms with Gasteiger partial charge in [0.05, 0.1) is 6.61 Å². The molecule has 1 heterocycles. The van der Waals surface area contributed by atoms with E-state index in [2.05, 4.69) is 9.97 Å². The summed E-state index contributed by atoms with van der Waals surface area (Å²) in [5.41, 5.74) is 5.85. The van der Waals surface area contributed by atoms with Crippen molar-refractivity contribution < 1.29 is 5.11 Å². The first kappa shape index (κ1) is 5.97. The van der Waals surface area contributed by atoms with Crippen LogP contribution in [0.3, 0.4) is 0 Å². The van der Waals surface area contributed by atoms with Crippen LogP contribution in [0, 0.1) is 0 Å². The number of hydrogen-bond donors (Lipinski definition) is 2. The Morgan fingerprint density at radius 1 is 1.44 bits per heavy atom. The topological polar surface area (TPSA) is 72.0 Å². The first-order chi connectivity index (χ1) is 4.33. The Balaban J connectivity index is 2.88. The summed E-state index contributed by atoms with van der Waals surface area (Å²) in [6.45, 7) is -0.0414. The van der Waals surface area contributed by atoms with Crippen molar-refractivity contribution in [3.8, 4) is 0 Å². The third kappa shape index (κ3) is 1.36. The number of anilines is 1. The smallest absolute Gasteiger partial charge is 0.219 e. The van der Waals surface area contributed by atoms with E-state index in [9.17, 15) is 0 Å². The van der Waals surface area contributed by atoms with Gasteiger partial charge in [-0.25, -0.2) is 9.97 Å². The van der Waals surface area contributed by atoms with Gasteiger partial charge in [-0.2, -0.15) is 0 Å². The molecular formula is C5H7N3O. The molecule has 0 unspecified atom stereocenters. The largest absolute Gasteiger partial charge is 0.392 e. The molecule has 48 valence electrons. The molecule has 0 aliphatic rings. The minimum atomic E-state index is -0.0414. The zero-order chi connectivity index (χ0) is 6.69. The minimum absolute atomic E-state index is 0.0414. The molecule has 0 aromatic carbocycles. The summed E-state index contributed by atoms with van der Waals surface area (Å²) in [7, 11) is 0. The summed E-state index contributed by atoms with van der Waals surface area (Å²) in [4.78, 5) is 7.31. The van der Waals surface area contributed by atoms with E-state index in [4.69, 9.17) is 10.8 Å². The third-order valence-corrected chi connectivity index (χ3v) is 0.908. The van der Waals surface area contributed by atoms with E-state index < -0.39 is 0 Å². The van der Waals surface area contributed by atoms with Gasteiger partial charge in [-0.1, -0.05) is 0 Å². The SMILES string of the molecule is Nc1ncc(CO)cn1. The number of rotatable bonds is 1. The Morgan fingerprint density at radius 3 is 2.44 bits per heavy atom. The lowest BCUT2D eigenvalue weighted by atomic mass is 10.4. The molecule has 1 aromatic heterocycles. The van der Waals surface area contributed by atoms with Crippen LogP contribution in [0.2, 0.25) is 0 Å². The number of nitrogen functional groups attached to an aromatic ring is 1. The Labute approximate surface area is 52.4 Å². The second-order valence-electron chi connectivity index (χ2n) is 1.61. The van der Waals surface area contributed by atoms with Crippen LogP contribution in [0.25, 0.3) is 0 Å². The summed E-state index contributed by atoms with van der Waals surface area (Å²) < 4.78 is 0. The third-order valence-electron chi connectivity index (χ3n) is 0.908. The molecule has 1 aromatic rings. The molecule has 0 radical (unpaired) electrons.